The SMILES string of the molecule is CC(=O)Nc1ccc(NS(=O)(=O)c2ccc(Cl)cc2CN(Cc2ccco2)C(=O)c2ccccc2Cl)cc1. The molecule has 0 fully saturated rings. The van der Waals surface area contributed by atoms with Crippen LogP contribution < -0.4 is 10.0 Å². The number of nitrogens with one attached hydrogen (secondary N) is 2. The van der Waals surface area contributed by atoms with Gasteiger partial charge in [-0.3, -0.25) is 14.3 Å². The molecule has 11 heteroatoms. The molecule has 4 rings (SSSR count). The number of anilines is 2. The number of hydrogen-bond donors (Lipinski definition) is 2. The van der Waals surface area contributed by atoms with Crippen molar-refractivity contribution in [3.63, 3.8) is 0 Å². The van der Waals surface area contributed by atoms with Crippen LogP contribution in [0.2, 0.25) is 10.0 Å². The molecule has 0 atom stereocenters. The van der Waals surface area contributed by atoms with Gasteiger partial charge in [0.1, 0.15) is 5.76 Å². The Morgan fingerprint density at radius 3 is 2.26 bits per heavy atom. The molecule has 38 heavy (non-hydrogen) atoms. The smallest absolute Gasteiger partial charge is 0.262 e. The van der Waals surface area contributed by atoms with Crippen LogP contribution in [0, 0.1) is 0 Å². The van der Waals surface area contributed by atoms with Crippen LogP contribution in [0.5, 0.6) is 0 Å². The monoisotopic (exact) mass is 571 g/mol. The summed E-state index contributed by atoms with van der Waals surface area (Å²) >= 11 is 12.5. The lowest BCUT2D eigenvalue weighted by atomic mass is 10.1. The van der Waals surface area contributed by atoms with Gasteiger partial charge in [-0.1, -0.05) is 35.3 Å². The van der Waals surface area contributed by atoms with E-state index in [1.54, 1.807) is 48.5 Å². The zero-order chi connectivity index (χ0) is 27.3. The fraction of sp³-hybridized carbons (Fsp3) is 0.111. The minimum Gasteiger partial charge on any atom is -0.467 e. The third-order valence-electron chi connectivity index (χ3n) is 5.45. The molecule has 0 aliphatic rings. The highest BCUT2D eigenvalue weighted by atomic mass is 35.5. The van der Waals surface area contributed by atoms with Crippen molar-refractivity contribution in [3.05, 3.63) is 112 Å². The van der Waals surface area contributed by atoms with Crippen molar-refractivity contribution in [2.75, 3.05) is 10.0 Å². The van der Waals surface area contributed by atoms with Crippen molar-refractivity contribution in [1.82, 2.24) is 4.90 Å². The molecule has 2 amide bonds. The Labute approximate surface area is 230 Å². The fourth-order valence-electron chi connectivity index (χ4n) is 3.77. The highest BCUT2D eigenvalue weighted by Crippen LogP contribution is 2.27. The first-order chi connectivity index (χ1) is 18.1. The second-order valence-corrected chi connectivity index (χ2v) is 10.8. The van der Waals surface area contributed by atoms with Gasteiger partial charge in [-0.2, -0.15) is 0 Å². The molecule has 8 nitrogen and oxygen atoms in total. The summed E-state index contributed by atoms with van der Waals surface area (Å²) in [5.41, 5.74) is 1.38. The molecule has 0 aliphatic heterocycles. The number of amides is 2. The summed E-state index contributed by atoms with van der Waals surface area (Å²) < 4.78 is 34.8. The quantitative estimate of drug-likeness (QED) is 0.249. The Kier molecular flexibility index (Phi) is 8.41. The Balaban J connectivity index is 1.66. The van der Waals surface area contributed by atoms with E-state index in [9.17, 15) is 18.0 Å². The van der Waals surface area contributed by atoms with Gasteiger partial charge in [0, 0.05) is 29.9 Å². The molecule has 1 aromatic heterocycles. The van der Waals surface area contributed by atoms with Gasteiger partial charge in [0.05, 0.1) is 28.3 Å². The van der Waals surface area contributed by atoms with Crippen molar-refractivity contribution < 1.29 is 22.4 Å². The maximum Gasteiger partial charge on any atom is 0.262 e. The van der Waals surface area contributed by atoms with Crippen molar-refractivity contribution in [1.29, 1.82) is 0 Å². The second kappa shape index (κ2) is 11.7. The molecule has 3 aromatic carbocycles. The van der Waals surface area contributed by atoms with Crippen LogP contribution in [-0.2, 0) is 27.9 Å². The highest BCUT2D eigenvalue weighted by Gasteiger charge is 2.25. The molecule has 2 N–H and O–H groups in total. The molecule has 0 bridgehead atoms. The molecule has 0 aliphatic carbocycles. The number of benzene rings is 3. The standard InChI is InChI=1S/C27H23Cl2N3O5S/c1-18(33)30-21-9-11-22(12-10-21)31-38(35,36)26-13-8-20(28)15-19(26)16-32(17-23-5-4-14-37-23)27(34)24-6-2-3-7-25(24)29/h2-15,31H,16-17H2,1H3,(H,30,33). The highest BCUT2D eigenvalue weighted by molar-refractivity contribution is 7.92. The number of nitrogens with zero attached hydrogens (tertiary/aromatic N) is 1. The first-order valence-electron chi connectivity index (χ1n) is 11.4. The minimum atomic E-state index is -4.09. The summed E-state index contributed by atoms with van der Waals surface area (Å²) in [7, 11) is -4.09. The van der Waals surface area contributed by atoms with Gasteiger partial charge in [0.15, 0.2) is 0 Å². The Morgan fingerprint density at radius 1 is 0.895 bits per heavy atom. The molecule has 0 saturated heterocycles. The van der Waals surface area contributed by atoms with E-state index >= 15 is 0 Å². The topological polar surface area (TPSA) is 109 Å². The number of furan rings is 1. The molecule has 1 heterocycles. The van der Waals surface area contributed by atoms with E-state index in [0.29, 0.717) is 27.7 Å². The van der Waals surface area contributed by atoms with Crippen LogP contribution in [0.25, 0.3) is 0 Å². The van der Waals surface area contributed by atoms with Crippen LogP contribution in [0.3, 0.4) is 0 Å². The Morgan fingerprint density at radius 2 is 1.61 bits per heavy atom. The molecule has 4 aromatic rings. The summed E-state index contributed by atoms with van der Waals surface area (Å²) in [4.78, 5) is 26.1. The average Bonchev–Trinajstić information content (AvgIpc) is 3.37. The first kappa shape index (κ1) is 27.3. The van der Waals surface area contributed by atoms with E-state index in [1.807, 2.05) is 0 Å². The molecular weight excluding hydrogens is 549 g/mol. The van der Waals surface area contributed by atoms with Gasteiger partial charge in [0.2, 0.25) is 5.91 Å². The van der Waals surface area contributed by atoms with Gasteiger partial charge < -0.3 is 14.6 Å². The molecule has 0 radical (unpaired) electrons. The summed E-state index contributed by atoms with van der Waals surface area (Å²) in [5, 5.41) is 3.20. The van der Waals surface area contributed by atoms with Crippen LogP contribution >= 0.6 is 23.2 Å². The zero-order valence-corrected chi connectivity index (χ0v) is 22.5. The molecule has 0 saturated carbocycles. The number of halogens is 2. The Hall–Kier alpha value is -3.79. The van der Waals surface area contributed by atoms with Gasteiger partial charge in [-0.05, 0) is 72.3 Å². The average molecular weight is 572 g/mol. The predicted molar refractivity (Wildman–Crippen MR) is 147 cm³/mol. The summed E-state index contributed by atoms with van der Waals surface area (Å²) in [6.07, 6.45) is 1.49. The molecule has 196 valence electrons. The van der Waals surface area contributed by atoms with Crippen molar-refractivity contribution in [2.24, 2.45) is 0 Å². The largest absolute Gasteiger partial charge is 0.467 e. The fourth-order valence-corrected chi connectivity index (χ4v) is 5.45. The lowest BCUT2D eigenvalue weighted by molar-refractivity contribution is -0.114. The predicted octanol–water partition coefficient (Wildman–Crippen LogP) is 6.19. The summed E-state index contributed by atoms with van der Waals surface area (Å²) in [5.74, 6) is -0.138. The third-order valence-corrected chi connectivity index (χ3v) is 7.50. The Bertz CT molecular complexity index is 1560. The van der Waals surface area contributed by atoms with Crippen molar-refractivity contribution >= 4 is 56.4 Å². The molecule has 0 spiro atoms. The van der Waals surface area contributed by atoms with Crippen LogP contribution in [0.1, 0.15) is 28.6 Å². The second-order valence-electron chi connectivity index (χ2n) is 8.34. The number of carbonyl (C=O) groups is 2. The molecular formula is C27H23Cl2N3O5S. The third kappa shape index (κ3) is 6.74. The van der Waals surface area contributed by atoms with E-state index in [0.717, 1.165) is 0 Å². The van der Waals surface area contributed by atoms with E-state index in [-0.39, 0.29) is 34.5 Å². The first-order valence-corrected chi connectivity index (χ1v) is 13.6. The number of rotatable bonds is 9. The molecule has 0 unspecified atom stereocenters. The maximum atomic E-state index is 13.5. The van der Waals surface area contributed by atoms with E-state index in [1.165, 1.54) is 48.4 Å². The van der Waals surface area contributed by atoms with Crippen LogP contribution in [0.15, 0.2) is 94.4 Å². The lowest BCUT2D eigenvalue weighted by Gasteiger charge is -2.24. The zero-order valence-electron chi connectivity index (χ0n) is 20.1. The normalized spacial score (nSPS) is 11.1. The number of sulfonamides is 1. The van der Waals surface area contributed by atoms with E-state index in [2.05, 4.69) is 10.0 Å². The van der Waals surface area contributed by atoms with Crippen LogP contribution in [0.4, 0.5) is 11.4 Å². The summed E-state index contributed by atoms with van der Waals surface area (Å²) in [6, 6.07) is 20.6. The van der Waals surface area contributed by atoms with Crippen LogP contribution in [-0.4, -0.2) is 25.1 Å². The maximum absolute atomic E-state index is 13.5. The van der Waals surface area contributed by atoms with Gasteiger partial charge in [-0.25, -0.2) is 8.42 Å². The minimum absolute atomic E-state index is 0.0516. The number of carbonyl (C=O) groups excluding carboxylic acids is 2. The van der Waals surface area contributed by atoms with Crippen molar-refractivity contribution in [3.8, 4) is 0 Å². The number of hydrogen-bond acceptors (Lipinski definition) is 5. The van der Waals surface area contributed by atoms with Gasteiger partial charge in [0.25, 0.3) is 15.9 Å². The van der Waals surface area contributed by atoms with Gasteiger partial charge in [-0.15, -0.1) is 0 Å². The van der Waals surface area contributed by atoms with E-state index in [4.69, 9.17) is 27.6 Å². The summed E-state index contributed by atoms with van der Waals surface area (Å²) in [6.45, 7) is 1.36. The van der Waals surface area contributed by atoms with Crippen molar-refractivity contribution in [2.45, 2.75) is 24.9 Å². The van der Waals surface area contributed by atoms with Gasteiger partial charge >= 0.3 is 0 Å². The lowest BCUT2D eigenvalue weighted by Crippen LogP contribution is -2.31. The van der Waals surface area contributed by atoms with E-state index < -0.39 is 15.9 Å².